The van der Waals surface area contributed by atoms with Gasteiger partial charge < -0.3 is 10.4 Å². The highest BCUT2D eigenvalue weighted by Gasteiger charge is 2.22. The topological polar surface area (TPSA) is 56.0 Å². The normalized spacial score (nSPS) is 23.4. The summed E-state index contributed by atoms with van der Waals surface area (Å²) in [6, 6.07) is 7.96. The minimum Gasteiger partial charge on any atom is -0.393 e. The van der Waals surface area contributed by atoms with Gasteiger partial charge in [-0.3, -0.25) is 0 Å². The summed E-state index contributed by atoms with van der Waals surface area (Å²) >= 11 is 0. The Hall–Kier alpha value is -1.53. The Bertz CT molecular complexity index is 436. The Kier molecular flexibility index (Phi) is 3.65. The van der Waals surface area contributed by atoms with E-state index >= 15 is 0 Å². The standard InChI is InChI=1S/C14H18N2O/c1-10-6-13(4-3-12(10)8-15)16-9-11-2-5-14(17)7-11/h3-4,6,11,14,16-17H,2,5,7,9H2,1H3. The lowest BCUT2D eigenvalue weighted by Gasteiger charge is -2.12. The molecule has 3 heteroatoms. The maximum atomic E-state index is 9.45. The third kappa shape index (κ3) is 2.98. The summed E-state index contributed by atoms with van der Waals surface area (Å²) in [5.74, 6) is 0.570. The molecular weight excluding hydrogens is 212 g/mol. The van der Waals surface area contributed by atoms with Crippen LogP contribution in [0, 0.1) is 24.2 Å². The van der Waals surface area contributed by atoms with Crippen molar-refractivity contribution in [1.29, 1.82) is 5.26 Å². The highest BCUT2D eigenvalue weighted by molar-refractivity contribution is 5.51. The van der Waals surface area contributed by atoms with Crippen LogP contribution in [0.1, 0.15) is 30.4 Å². The second-order valence-corrected chi connectivity index (χ2v) is 4.86. The third-order valence-corrected chi connectivity index (χ3v) is 3.46. The van der Waals surface area contributed by atoms with Crippen LogP contribution in [-0.2, 0) is 0 Å². The smallest absolute Gasteiger partial charge is 0.0994 e. The number of benzene rings is 1. The molecule has 0 aromatic heterocycles. The Morgan fingerprint density at radius 1 is 1.47 bits per heavy atom. The third-order valence-electron chi connectivity index (χ3n) is 3.46. The molecular formula is C14H18N2O. The summed E-state index contributed by atoms with van der Waals surface area (Å²) in [6.07, 6.45) is 2.83. The van der Waals surface area contributed by atoms with Crippen molar-refractivity contribution < 1.29 is 5.11 Å². The molecule has 0 spiro atoms. The number of aliphatic hydroxyl groups is 1. The molecule has 2 N–H and O–H groups in total. The van der Waals surface area contributed by atoms with E-state index in [2.05, 4.69) is 11.4 Å². The first-order chi connectivity index (χ1) is 8.19. The van der Waals surface area contributed by atoms with Crippen molar-refractivity contribution in [1.82, 2.24) is 0 Å². The molecule has 1 aromatic carbocycles. The highest BCUT2D eigenvalue weighted by Crippen LogP contribution is 2.26. The van der Waals surface area contributed by atoms with Gasteiger partial charge in [-0.25, -0.2) is 0 Å². The fourth-order valence-electron chi connectivity index (χ4n) is 2.40. The molecule has 2 rings (SSSR count). The second-order valence-electron chi connectivity index (χ2n) is 4.86. The van der Waals surface area contributed by atoms with Crippen LogP contribution in [0.2, 0.25) is 0 Å². The number of anilines is 1. The van der Waals surface area contributed by atoms with Crippen LogP contribution < -0.4 is 5.32 Å². The van der Waals surface area contributed by atoms with Gasteiger partial charge in [-0.05, 0) is 55.9 Å². The fraction of sp³-hybridized carbons (Fsp3) is 0.500. The number of nitrogens with one attached hydrogen (secondary N) is 1. The maximum absolute atomic E-state index is 9.45. The molecule has 0 bridgehead atoms. The molecule has 0 radical (unpaired) electrons. The van der Waals surface area contributed by atoms with Gasteiger partial charge in [-0.1, -0.05) is 0 Å². The monoisotopic (exact) mass is 230 g/mol. The van der Waals surface area contributed by atoms with E-state index in [1.165, 1.54) is 0 Å². The van der Waals surface area contributed by atoms with Crippen molar-refractivity contribution in [3.05, 3.63) is 29.3 Å². The maximum Gasteiger partial charge on any atom is 0.0994 e. The lowest BCUT2D eigenvalue weighted by Crippen LogP contribution is -2.12. The number of hydrogen-bond donors (Lipinski definition) is 2. The van der Waals surface area contributed by atoms with Crippen LogP contribution in [0.4, 0.5) is 5.69 Å². The number of aryl methyl sites for hydroxylation is 1. The van der Waals surface area contributed by atoms with Gasteiger partial charge in [0.1, 0.15) is 0 Å². The van der Waals surface area contributed by atoms with Crippen molar-refractivity contribution in [2.24, 2.45) is 5.92 Å². The molecule has 90 valence electrons. The zero-order valence-electron chi connectivity index (χ0n) is 10.1. The van der Waals surface area contributed by atoms with E-state index in [9.17, 15) is 5.11 Å². The number of hydrogen-bond acceptors (Lipinski definition) is 3. The molecule has 2 atom stereocenters. The van der Waals surface area contributed by atoms with E-state index < -0.39 is 0 Å². The molecule has 1 saturated carbocycles. The number of nitriles is 1. The molecule has 17 heavy (non-hydrogen) atoms. The molecule has 0 saturated heterocycles. The summed E-state index contributed by atoms with van der Waals surface area (Å²) in [4.78, 5) is 0. The zero-order chi connectivity index (χ0) is 12.3. The van der Waals surface area contributed by atoms with Crippen LogP contribution in [0.25, 0.3) is 0 Å². The van der Waals surface area contributed by atoms with Gasteiger partial charge in [-0.15, -0.1) is 0 Å². The first-order valence-corrected chi connectivity index (χ1v) is 6.11. The fourth-order valence-corrected chi connectivity index (χ4v) is 2.40. The molecule has 0 aliphatic heterocycles. The van der Waals surface area contributed by atoms with Gasteiger partial charge in [0.2, 0.25) is 0 Å². The van der Waals surface area contributed by atoms with E-state index in [4.69, 9.17) is 5.26 Å². The van der Waals surface area contributed by atoms with Crippen molar-refractivity contribution in [3.8, 4) is 6.07 Å². The number of nitrogens with zero attached hydrogens (tertiary/aromatic N) is 1. The Labute approximate surface area is 102 Å². The molecule has 1 aliphatic carbocycles. The van der Waals surface area contributed by atoms with Crippen LogP contribution in [-0.4, -0.2) is 17.8 Å². The van der Waals surface area contributed by atoms with Crippen LogP contribution in [0.5, 0.6) is 0 Å². The summed E-state index contributed by atoms with van der Waals surface area (Å²) in [5, 5.41) is 21.7. The summed E-state index contributed by atoms with van der Waals surface area (Å²) in [6.45, 7) is 2.85. The molecule has 0 heterocycles. The van der Waals surface area contributed by atoms with E-state index in [1.54, 1.807) is 0 Å². The Balaban J connectivity index is 1.91. The van der Waals surface area contributed by atoms with Crippen LogP contribution >= 0.6 is 0 Å². The van der Waals surface area contributed by atoms with E-state index in [0.717, 1.165) is 42.6 Å². The predicted molar refractivity (Wildman–Crippen MR) is 67.7 cm³/mol. The van der Waals surface area contributed by atoms with Crippen molar-refractivity contribution >= 4 is 5.69 Å². The van der Waals surface area contributed by atoms with Gasteiger partial charge >= 0.3 is 0 Å². The van der Waals surface area contributed by atoms with Crippen molar-refractivity contribution in [2.75, 3.05) is 11.9 Å². The first kappa shape index (κ1) is 11.9. The van der Waals surface area contributed by atoms with E-state index in [1.807, 2.05) is 25.1 Å². The molecule has 0 amide bonds. The summed E-state index contributed by atoms with van der Waals surface area (Å²) < 4.78 is 0. The van der Waals surface area contributed by atoms with Gasteiger partial charge in [-0.2, -0.15) is 5.26 Å². The Morgan fingerprint density at radius 3 is 2.88 bits per heavy atom. The highest BCUT2D eigenvalue weighted by atomic mass is 16.3. The van der Waals surface area contributed by atoms with E-state index in [-0.39, 0.29) is 6.10 Å². The van der Waals surface area contributed by atoms with Gasteiger partial charge in [0.25, 0.3) is 0 Å². The second kappa shape index (κ2) is 5.20. The summed E-state index contributed by atoms with van der Waals surface area (Å²) in [7, 11) is 0. The van der Waals surface area contributed by atoms with Crippen molar-refractivity contribution in [2.45, 2.75) is 32.3 Å². The molecule has 3 nitrogen and oxygen atoms in total. The van der Waals surface area contributed by atoms with Crippen LogP contribution in [0.15, 0.2) is 18.2 Å². The van der Waals surface area contributed by atoms with Gasteiger partial charge in [0, 0.05) is 12.2 Å². The SMILES string of the molecule is Cc1cc(NCC2CCC(O)C2)ccc1C#N. The summed E-state index contributed by atoms with van der Waals surface area (Å²) in [5.41, 5.74) is 2.79. The largest absolute Gasteiger partial charge is 0.393 e. The van der Waals surface area contributed by atoms with Gasteiger partial charge in [0.05, 0.1) is 17.7 Å². The average Bonchev–Trinajstić information content (AvgIpc) is 2.73. The number of rotatable bonds is 3. The number of aliphatic hydroxyl groups excluding tert-OH is 1. The van der Waals surface area contributed by atoms with Crippen LogP contribution in [0.3, 0.4) is 0 Å². The molecule has 1 aromatic rings. The molecule has 1 fully saturated rings. The van der Waals surface area contributed by atoms with Crippen molar-refractivity contribution in [3.63, 3.8) is 0 Å². The lowest BCUT2D eigenvalue weighted by atomic mass is 10.1. The minimum absolute atomic E-state index is 0.107. The quantitative estimate of drug-likeness (QED) is 0.838. The molecule has 2 unspecified atom stereocenters. The van der Waals surface area contributed by atoms with E-state index in [0.29, 0.717) is 5.92 Å². The lowest BCUT2D eigenvalue weighted by molar-refractivity contribution is 0.178. The average molecular weight is 230 g/mol. The zero-order valence-corrected chi connectivity index (χ0v) is 10.1. The first-order valence-electron chi connectivity index (χ1n) is 6.11. The molecule has 1 aliphatic rings. The van der Waals surface area contributed by atoms with Gasteiger partial charge in [0.15, 0.2) is 0 Å². The minimum atomic E-state index is -0.107. The predicted octanol–water partition coefficient (Wildman–Crippen LogP) is 2.44. The Morgan fingerprint density at radius 2 is 2.29 bits per heavy atom.